The molecule has 2 aromatic heterocycles. The van der Waals surface area contributed by atoms with Crippen LogP contribution >= 0.6 is 0 Å². The van der Waals surface area contributed by atoms with E-state index in [0.29, 0.717) is 11.1 Å². The van der Waals surface area contributed by atoms with Crippen LogP contribution in [0, 0.1) is 5.95 Å². The Balaban J connectivity index is 1.96. The Morgan fingerprint density at radius 1 is 1.18 bits per heavy atom. The van der Waals surface area contributed by atoms with E-state index >= 15 is 0 Å². The number of rotatable bonds is 7. The first-order valence-corrected chi connectivity index (χ1v) is 10.6. The monoisotopic (exact) mass is 469 g/mol. The Hall–Kier alpha value is -3.95. The SMILES string of the molecule is CCC(=O)c1cc([C@@]2(c3cccc(-c4cccnc4F)c3)N=C(N)N(C)C2=O)cn1CC(F)F. The molecule has 1 atom stereocenters. The fourth-order valence-corrected chi connectivity index (χ4v) is 4.12. The maximum absolute atomic E-state index is 14.4. The number of aliphatic imine (C=N–C) groups is 1. The lowest BCUT2D eigenvalue weighted by molar-refractivity contribution is -0.129. The molecule has 0 bridgehead atoms. The number of likely N-dealkylation sites (N-methyl/N-ethyl adjacent to an activating group) is 1. The van der Waals surface area contributed by atoms with Crippen molar-refractivity contribution < 1.29 is 22.8 Å². The van der Waals surface area contributed by atoms with Crippen LogP contribution in [0.2, 0.25) is 0 Å². The zero-order valence-electron chi connectivity index (χ0n) is 18.5. The van der Waals surface area contributed by atoms with Gasteiger partial charge >= 0.3 is 0 Å². The molecule has 34 heavy (non-hydrogen) atoms. The molecule has 1 aliphatic heterocycles. The summed E-state index contributed by atoms with van der Waals surface area (Å²) in [5.74, 6) is -1.65. The summed E-state index contributed by atoms with van der Waals surface area (Å²) >= 11 is 0. The molecule has 10 heteroatoms. The lowest BCUT2D eigenvalue weighted by Crippen LogP contribution is -2.41. The number of guanidine groups is 1. The number of nitrogens with two attached hydrogens (primary N) is 1. The summed E-state index contributed by atoms with van der Waals surface area (Å²) in [5.41, 5.74) is 5.52. The van der Waals surface area contributed by atoms with Crippen LogP contribution in [0.1, 0.15) is 35.0 Å². The first-order chi connectivity index (χ1) is 16.2. The van der Waals surface area contributed by atoms with E-state index < -0.39 is 30.4 Å². The van der Waals surface area contributed by atoms with Crippen LogP contribution in [0.3, 0.4) is 0 Å². The van der Waals surface area contributed by atoms with Crippen molar-refractivity contribution in [3.05, 3.63) is 77.6 Å². The number of aromatic nitrogens is 2. The van der Waals surface area contributed by atoms with Crippen molar-refractivity contribution in [2.24, 2.45) is 10.7 Å². The van der Waals surface area contributed by atoms with Gasteiger partial charge in [-0.05, 0) is 35.4 Å². The molecule has 0 fully saturated rings. The molecule has 7 nitrogen and oxygen atoms in total. The number of halogens is 3. The van der Waals surface area contributed by atoms with E-state index in [-0.39, 0.29) is 35.0 Å². The van der Waals surface area contributed by atoms with Gasteiger partial charge in [0.1, 0.15) is 0 Å². The van der Waals surface area contributed by atoms with Crippen molar-refractivity contribution in [3.8, 4) is 11.1 Å². The number of carbonyl (C=O) groups is 2. The third-order valence-electron chi connectivity index (χ3n) is 5.85. The molecule has 3 heterocycles. The third kappa shape index (κ3) is 3.74. The van der Waals surface area contributed by atoms with Gasteiger partial charge in [0.2, 0.25) is 5.95 Å². The van der Waals surface area contributed by atoms with Gasteiger partial charge in [0.05, 0.1) is 12.2 Å². The zero-order valence-corrected chi connectivity index (χ0v) is 18.5. The predicted molar refractivity (Wildman–Crippen MR) is 120 cm³/mol. The minimum atomic E-state index is -2.72. The molecule has 2 N–H and O–H groups in total. The van der Waals surface area contributed by atoms with E-state index in [9.17, 15) is 22.8 Å². The molecule has 176 valence electrons. The number of hydrogen-bond donors (Lipinski definition) is 1. The quantitative estimate of drug-likeness (QED) is 0.423. The summed E-state index contributed by atoms with van der Waals surface area (Å²) < 4.78 is 42.0. The average molecular weight is 469 g/mol. The number of hydrogen-bond acceptors (Lipinski definition) is 5. The second kappa shape index (κ2) is 8.77. The Morgan fingerprint density at radius 3 is 2.56 bits per heavy atom. The van der Waals surface area contributed by atoms with Gasteiger partial charge in [-0.3, -0.25) is 14.5 Å². The van der Waals surface area contributed by atoms with Gasteiger partial charge in [-0.15, -0.1) is 0 Å². The van der Waals surface area contributed by atoms with E-state index in [1.165, 1.54) is 25.5 Å². The summed E-state index contributed by atoms with van der Waals surface area (Å²) in [6.45, 7) is 0.898. The highest BCUT2D eigenvalue weighted by Crippen LogP contribution is 2.41. The fraction of sp³-hybridized carbons (Fsp3) is 0.250. The first kappa shape index (κ1) is 23.2. The summed E-state index contributed by atoms with van der Waals surface area (Å²) in [7, 11) is 1.45. The van der Waals surface area contributed by atoms with Gasteiger partial charge in [0.15, 0.2) is 17.3 Å². The lowest BCUT2D eigenvalue weighted by atomic mass is 9.83. The van der Waals surface area contributed by atoms with Crippen molar-refractivity contribution in [1.82, 2.24) is 14.5 Å². The van der Waals surface area contributed by atoms with Crippen molar-refractivity contribution in [1.29, 1.82) is 0 Å². The van der Waals surface area contributed by atoms with Gasteiger partial charge in [-0.2, -0.15) is 4.39 Å². The maximum atomic E-state index is 14.4. The average Bonchev–Trinajstić information content (AvgIpc) is 3.33. The van der Waals surface area contributed by atoms with Crippen molar-refractivity contribution in [2.75, 3.05) is 7.05 Å². The van der Waals surface area contributed by atoms with Crippen molar-refractivity contribution in [2.45, 2.75) is 31.9 Å². The highest BCUT2D eigenvalue weighted by atomic mass is 19.3. The van der Waals surface area contributed by atoms with Gasteiger partial charge < -0.3 is 10.3 Å². The Kier molecular flexibility index (Phi) is 5.99. The van der Waals surface area contributed by atoms with Crippen molar-refractivity contribution >= 4 is 17.6 Å². The summed E-state index contributed by atoms with van der Waals surface area (Å²) in [6.07, 6.45) is 0.0319. The molecule has 1 aromatic carbocycles. The van der Waals surface area contributed by atoms with E-state index in [2.05, 4.69) is 9.98 Å². The van der Waals surface area contributed by atoms with Gasteiger partial charge in [0, 0.05) is 37.0 Å². The summed E-state index contributed by atoms with van der Waals surface area (Å²) in [6, 6.07) is 11.0. The largest absolute Gasteiger partial charge is 0.369 e. The van der Waals surface area contributed by atoms with Crippen LogP contribution < -0.4 is 5.73 Å². The highest BCUT2D eigenvalue weighted by molar-refractivity contribution is 6.09. The van der Waals surface area contributed by atoms with Crippen LogP contribution in [-0.4, -0.2) is 45.6 Å². The number of amides is 1. The van der Waals surface area contributed by atoms with Crippen LogP contribution in [0.15, 0.2) is 59.9 Å². The molecule has 1 aliphatic rings. The molecular weight excluding hydrogens is 447 g/mol. The molecule has 0 aliphatic carbocycles. The normalized spacial score (nSPS) is 18.0. The Morgan fingerprint density at radius 2 is 1.94 bits per heavy atom. The molecular formula is C24H22F3N5O2. The van der Waals surface area contributed by atoms with E-state index in [4.69, 9.17) is 5.73 Å². The van der Waals surface area contributed by atoms with E-state index in [0.717, 1.165) is 9.47 Å². The number of benzene rings is 1. The number of pyridine rings is 1. The number of nitrogens with zero attached hydrogens (tertiary/aromatic N) is 4. The first-order valence-electron chi connectivity index (χ1n) is 10.6. The summed E-state index contributed by atoms with van der Waals surface area (Å²) in [4.78, 5) is 35.3. The molecule has 0 spiro atoms. The molecule has 0 unspecified atom stereocenters. The number of alkyl halides is 2. The van der Waals surface area contributed by atoms with E-state index in [1.807, 2.05) is 0 Å². The molecule has 1 amide bonds. The third-order valence-corrected chi connectivity index (χ3v) is 5.85. The molecule has 3 aromatic rings. The highest BCUT2D eigenvalue weighted by Gasteiger charge is 2.50. The fourth-order valence-electron chi connectivity index (χ4n) is 4.12. The zero-order chi connectivity index (χ0) is 24.6. The molecule has 0 saturated carbocycles. The minimum Gasteiger partial charge on any atom is -0.369 e. The standard InChI is InChI=1S/C24H22F3N5O2/c1-3-19(33)18-11-16(12-32(18)13-20(25)26)24(22(34)31(2)23(28)30-24)15-7-4-6-14(10-15)17-8-5-9-29-21(17)27/h4-12,20H,3,13H2,1-2H3,(H2,28,30)/t24-/m1/s1. The number of ketones is 1. The number of Topliss-reactive ketones (excluding diaryl/α,β-unsaturated/α-hetero) is 1. The molecule has 0 saturated heterocycles. The smallest absolute Gasteiger partial charge is 0.266 e. The van der Waals surface area contributed by atoms with Crippen molar-refractivity contribution in [3.63, 3.8) is 0 Å². The molecule has 4 rings (SSSR count). The van der Waals surface area contributed by atoms with E-state index in [1.54, 1.807) is 43.3 Å². The predicted octanol–water partition coefficient (Wildman–Crippen LogP) is 3.58. The van der Waals surface area contributed by atoms with Gasteiger partial charge in [-0.25, -0.2) is 18.8 Å². The Bertz CT molecular complexity index is 1300. The number of carbonyl (C=O) groups excluding carboxylic acids is 2. The lowest BCUT2D eigenvalue weighted by Gasteiger charge is -2.25. The second-order valence-electron chi connectivity index (χ2n) is 7.90. The van der Waals surface area contributed by atoms with Gasteiger partial charge in [0.25, 0.3) is 12.3 Å². The van der Waals surface area contributed by atoms with Crippen LogP contribution in [0.25, 0.3) is 11.1 Å². The van der Waals surface area contributed by atoms with Crippen LogP contribution in [0.4, 0.5) is 13.2 Å². The topological polar surface area (TPSA) is 93.6 Å². The minimum absolute atomic E-state index is 0.0442. The molecule has 0 radical (unpaired) electrons. The van der Waals surface area contributed by atoms with Crippen LogP contribution in [0.5, 0.6) is 0 Å². The Labute approximate surface area is 193 Å². The second-order valence-corrected chi connectivity index (χ2v) is 7.90. The van der Waals surface area contributed by atoms with Crippen LogP contribution in [-0.2, 0) is 16.9 Å². The van der Waals surface area contributed by atoms with Gasteiger partial charge in [-0.1, -0.05) is 25.1 Å². The summed E-state index contributed by atoms with van der Waals surface area (Å²) in [5, 5.41) is 0. The maximum Gasteiger partial charge on any atom is 0.266 e.